The van der Waals surface area contributed by atoms with Crippen molar-refractivity contribution in [2.24, 2.45) is 5.73 Å². The molecule has 0 radical (unpaired) electrons. The highest BCUT2D eigenvalue weighted by Crippen LogP contribution is 2.56. The second kappa shape index (κ2) is 9.01. The Hall–Kier alpha value is -2.38. The number of carbonyl (C=O) groups is 2. The third kappa shape index (κ3) is 5.10. The molecule has 0 aromatic heterocycles. The zero-order valence-electron chi connectivity index (χ0n) is 17.2. The van der Waals surface area contributed by atoms with Crippen LogP contribution >= 0.6 is 0 Å². The lowest BCUT2D eigenvalue weighted by atomic mass is 9.81. The number of aromatic carboxylic acids is 1. The van der Waals surface area contributed by atoms with Crippen LogP contribution in [-0.2, 0) is 4.79 Å². The first kappa shape index (κ1) is 23.3. The Balaban J connectivity index is 1.61. The van der Waals surface area contributed by atoms with E-state index in [9.17, 15) is 29.9 Å². The Morgan fingerprint density at radius 3 is 2.58 bits per heavy atom. The van der Waals surface area contributed by atoms with Gasteiger partial charge in [-0.1, -0.05) is 6.07 Å². The molecule has 0 unspecified atom stereocenters. The smallest absolute Gasteiger partial charge is 0.455 e. The minimum absolute atomic E-state index is 0.0244. The summed E-state index contributed by atoms with van der Waals surface area (Å²) in [4.78, 5) is 25.7. The molecule has 3 atom stereocenters. The van der Waals surface area contributed by atoms with E-state index in [-0.39, 0.29) is 48.9 Å². The average Bonchev–Trinajstić information content (AvgIpc) is 3.44. The fraction of sp³-hybridized carbons (Fsp3) is 0.579. The average molecular weight is 437 g/mol. The Morgan fingerprint density at radius 1 is 1.35 bits per heavy atom. The quantitative estimate of drug-likeness (QED) is 0.208. The van der Waals surface area contributed by atoms with Gasteiger partial charge in [0.2, 0.25) is 5.91 Å². The molecule has 1 saturated heterocycles. The van der Waals surface area contributed by atoms with E-state index in [2.05, 4.69) is 5.32 Å². The van der Waals surface area contributed by atoms with Gasteiger partial charge in [-0.05, 0) is 30.9 Å². The van der Waals surface area contributed by atoms with Crippen molar-refractivity contribution in [3.8, 4) is 11.5 Å². The first-order chi connectivity index (χ1) is 14.5. The maximum absolute atomic E-state index is 12.1. The van der Waals surface area contributed by atoms with E-state index in [0.29, 0.717) is 25.1 Å². The van der Waals surface area contributed by atoms with E-state index in [0.717, 1.165) is 0 Å². The van der Waals surface area contributed by atoms with Crippen molar-refractivity contribution in [2.45, 2.75) is 36.7 Å². The molecule has 1 saturated carbocycles. The molecule has 1 aromatic carbocycles. The maximum atomic E-state index is 12.1. The molecular weight excluding hydrogens is 409 g/mol. The molecule has 1 heterocycles. The summed E-state index contributed by atoms with van der Waals surface area (Å²) in [5.74, 6) is -2.88. The molecule has 31 heavy (non-hydrogen) atoms. The molecule has 1 aliphatic heterocycles. The summed E-state index contributed by atoms with van der Waals surface area (Å²) < 4.78 is 5.77. The summed E-state index contributed by atoms with van der Waals surface area (Å²) in [7, 11) is -1.52. The van der Waals surface area contributed by atoms with Crippen molar-refractivity contribution >= 4 is 19.0 Å². The van der Waals surface area contributed by atoms with Crippen LogP contribution in [0.1, 0.15) is 35.2 Å². The van der Waals surface area contributed by atoms with Crippen molar-refractivity contribution in [3.63, 3.8) is 0 Å². The molecule has 11 nitrogen and oxygen atoms in total. The fourth-order valence-electron chi connectivity index (χ4n) is 3.91. The summed E-state index contributed by atoms with van der Waals surface area (Å²) in [5, 5.41) is 49.9. The van der Waals surface area contributed by atoms with E-state index in [1.54, 1.807) is 13.0 Å². The first-order valence-electron chi connectivity index (χ1n) is 10.1. The van der Waals surface area contributed by atoms with Gasteiger partial charge in [0.15, 0.2) is 0 Å². The third-order valence-corrected chi connectivity index (χ3v) is 5.69. The molecule has 3 rings (SSSR count). The standard InChI is InChI=1S/C19H28BN3O8/c1-19(21,18(28)22-4-5-24)9-23-7-10(8-23)31-14-3-2-11(12-6-13(12)20(29)30)16(25)15(14)17(26)27/h2-3,10,12-13,24-25,29-30H,4-9,21H2,1H3,(H,22,28)(H,26,27)/t12-,13-,19+/m1/s1. The highest BCUT2D eigenvalue weighted by Gasteiger charge is 2.48. The summed E-state index contributed by atoms with van der Waals surface area (Å²) in [6, 6.07) is 3.01. The van der Waals surface area contributed by atoms with Crippen LogP contribution in [0.2, 0.25) is 5.82 Å². The lowest BCUT2D eigenvalue weighted by Gasteiger charge is -2.42. The normalized spacial score (nSPS) is 22.9. The monoisotopic (exact) mass is 437 g/mol. The van der Waals surface area contributed by atoms with Crippen LogP contribution in [0.25, 0.3) is 0 Å². The lowest BCUT2D eigenvalue weighted by Crippen LogP contribution is -2.64. The Kier molecular flexibility index (Phi) is 6.77. The van der Waals surface area contributed by atoms with Crippen molar-refractivity contribution in [3.05, 3.63) is 23.3 Å². The Morgan fingerprint density at radius 2 is 2.03 bits per heavy atom. The van der Waals surface area contributed by atoms with Gasteiger partial charge in [-0.3, -0.25) is 9.69 Å². The number of carbonyl (C=O) groups excluding carboxylic acids is 1. The molecule has 2 fully saturated rings. The van der Waals surface area contributed by atoms with E-state index in [1.807, 2.05) is 4.90 Å². The molecule has 2 aliphatic rings. The number of likely N-dealkylation sites (tertiary alicyclic amines) is 1. The summed E-state index contributed by atoms with van der Waals surface area (Å²) in [5.41, 5.74) is 4.88. The summed E-state index contributed by atoms with van der Waals surface area (Å²) in [6.45, 7) is 2.62. The second-order valence-electron chi connectivity index (χ2n) is 8.43. The van der Waals surface area contributed by atoms with Gasteiger partial charge < -0.3 is 41.2 Å². The minimum Gasteiger partial charge on any atom is -0.507 e. The minimum atomic E-state index is -1.52. The van der Waals surface area contributed by atoms with Crippen LogP contribution in [-0.4, -0.2) is 93.7 Å². The van der Waals surface area contributed by atoms with E-state index >= 15 is 0 Å². The molecule has 1 aromatic rings. The Labute approximate surface area is 179 Å². The van der Waals surface area contributed by atoms with E-state index in [4.69, 9.17) is 15.6 Å². The summed E-state index contributed by atoms with van der Waals surface area (Å²) >= 11 is 0. The van der Waals surface area contributed by atoms with Crippen LogP contribution in [0.3, 0.4) is 0 Å². The van der Waals surface area contributed by atoms with E-state index in [1.165, 1.54) is 6.07 Å². The van der Waals surface area contributed by atoms with Gasteiger partial charge in [-0.15, -0.1) is 0 Å². The largest absolute Gasteiger partial charge is 0.507 e. The molecule has 170 valence electrons. The molecular formula is C19H28BN3O8. The number of ether oxygens (including phenoxy) is 1. The highest BCUT2D eigenvalue weighted by molar-refractivity contribution is 6.44. The number of carboxylic acid groups (broad SMARTS) is 1. The maximum Gasteiger partial charge on any atom is 0.455 e. The fourth-order valence-corrected chi connectivity index (χ4v) is 3.91. The van der Waals surface area contributed by atoms with Gasteiger partial charge >= 0.3 is 13.1 Å². The predicted octanol–water partition coefficient (Wildman–Crippen LogP) is -1.69. The molecule has 8 N–H and O–H groups in total. The Bertz CT molecular complexity index is 844. The number of rotatable bonds is 10. The molecule has 1 aliphatic carbocycles. The number of nitrogens with two attached hydrogens (primary N) is 1. The number of benzene rings is 1. The van der Waals surface area contributed by atoms with Crippen molar-refractivity contribution < 1.29 is 39.7 Å². The molecule has 0 spiro atoms. The number of phenols is 1. The zero-order chi connectivity index (χ0) is 22.9. The number of hydrogen-bond donors (Lipinski definition) is 7. The van der Waals surface area contributed by atoms with Gasteiger partial charge in [0.05, 0.1) is 6.61 Å². The van der Waals surface area contributed by atoms with Crippen LogP contribution in [0.5, 0.6) is 11.5 Å². The predicted molar refractivity (Wildman–Crippen MR) is 110 cm³/mol. The topological polar surface area (TPSA) is 186 Å². The van der Waals surface area contributed by atoms with Gasteiger partial charge in [-0.25, -0.2) is 4.79 Å². The lowest BCUT2D eigenvalue weighted by molar-refractivity contribution is -0.127. The number of aliphatic hydroxyl groups excluding tert-OH is 1. The third-order valence-electron chi connectivity index (χ3n) is 5.69. The van der Waals surface area contributed by atoms with Gasteiger partial charge in [0.25, 0.3) is 0 Å². The van der Waals surface area contributed by atoms with Crippen molar-refractivity contribution in [1.29, 1.82) is 0 Å². The number of nitrogens with zero attached hydrogens (tertiary/aromatic N) is 1. The zero-order valence-corrected chi connectivity index (χ0v) is 17.2. The molecule has 1 amide bonds. The van der Waals surface area contributed by atoms with Crippen LogP contribution in [0, 0.1) is 0 Å². The van der Waals surface area contributed by atoms with Gasteiger partial charge in [0, 0.05) is 32.0 Å². The van der Waals surface area contributed by atoms with Crippen LogP contribution in [0.15, 0.2) is 12.1 Å². The SMILES string of the molecule is C[C@](N)(CN1CC(Oc2ccc([C@H]3C[C@H]3B(O)O)c(O)c2C(=O)O)C1)C(=O)NCCO. The number of aliphatic hydroxyl groups is 1. The number of amides is 1. The van der Waals surface area contributed by atoms with Gasteiger partial charge in [0.1, 0.15) is 28.7 Å². The number of aromatic hydroxyl groups is 1. The first-order valence-corrected chi connectivity index (χ1v) is 10.1. The second-order valence-corrected chi connectivity index (χ2v) is 8.43. The van der Waals surface area contributed by atoms with Crippen LogP contribution < -0.4 is 15.8 Å². The number of carboxylic acids is 1. The van der Waals surface area contributed by atoms with Crippen LogP contribution in [0.4, 0.5) is 0 Å². The van der Waals surface area contributed by atoms with Crippen molar-refractivity contribution in [2.75, 3.05) is 32.8 Å². The molecule has 0 bridgehead atoms. The van der Waals surface area contributed by atoms with Gasteiger partial charge in [-0.2, -0.15) is 0 Å². The van der Waals surface area contributed by atoms with Crippen molar-refractivity contribution in [1.82, 2.24) is 10.2 Å². The number of nitrogens with one attached hydrogen (secondary N) is 1. The molecule has 12 heteroatoms. The highest BCUT2D eigenvalue weighted by atomic mass is 16.5. The van der Waals surface area contributed by atoms with E-state index < -0.39 is 30.2 Å². The summed E-state index contributed by atoms with van der Waals surface area (Å²) in [6.07, 6.45) is 0.110. The number of hydrogen-bond acceptors (Lipinski definition) is 9.